The molecule has 82 valence electrons. The molecule has 1 aliphatic carbocycles. The third-order valence-corrected chi connectivity index (χ3v) is 2.30. The molecule has 0 heterocycles. The van der Waals surface area contributed by atoms with E-state index in [4.69, 9.17) is 4.74 Å². The van der Waals surface area contributed by atoms with Gasteiger partial charge in [0, 0.05) is 26.7 Å². The molecule has 1 fully saturated rings. The maximum atomic E-state index is 11.2. The first kappa shape index (κ1) is 11.3. The summed E-state index contributed by atoms with van der Waals surface area (Å²) in [6.45, 7) is 4.76. The van der Waals surface area contributed by atoms with Gasteiger partial charge in [-0.1, -0.05) is 0 Å². The summed E-state index contributed by atoms with van der Waals surface area (Å²) in [7, 11) is 1.78. The number of hydrogen-bond donors (Lipinski definition) is 1. The van der Waals surface area contributed by atoms with Gasteiger partial charge in [0.25, 0.3) is 0 Å². The predicted octanol–water partition coefficient (Wildman–Crippen LogP) is 1.07. The summed E-state index contributed by atoms with van der Waals surface area (Å²) in [6.07, 6.45) is 2.62. The fourth-order valence-corrected chi connectivity index (χ4v) is 1.12. The number of hydrogen-bond acceptors (Lipinski definition) is 2. The summed E-state index contributed by atoms with van der Waals surface area (Å²) in [5.74, 6) is 0.796. The Bertz CT molecular complexity index is 181. The van der Waals surface area contributed by atoms with Crippen LogP contribution in [-0.2, 0) is 4.74 Å². The minimum Gasteiger partial charge on any atom is -0.379 e. The molecule has 0 unspecified atom stereocenters. The summed E-state index contributed by atoms with van der Waals surface area (Å²) in [4.78, 5) is 12.9. The lowest BCUT2D eigenvalue weighted by Crippen LogP contribution is -2.38. The molecule has 14 heavy (non-hydrogen) atoms. The molecule has 1 N–H and O–H groups in total. The van der Waals surface area contributed by atoms with Crippen LogP contribution in [0.15, 0.2) is 0 Å². The topological polar surface area (TPSA) is 41.6 Å². The van der Waals surface area contributed by atoms with Crippen molar-refractivity contribution in [1.82, 2.24) is 10.2 Å². The van der Waals surface area contributed by atoms with E-state index >= 15 is 0 Å². The van der Waals surface area contributed by atoms with Gasteiger partial charge in [-0.05, 0) is 25.7 Å². The van der Waals surface area contributed by atoms with Crippen LogP contribution in [0.5, 0.6) is 0 Å². The van der Waals surface area contributed by atoms with Crippen molar-refractivity contribution in [3.63, 3.8) is 0 Å². The number of urea groups is 1. The Morgan fingerprint density at radius 2 is 2.29 bits per heavy atom. The molecule has 1 rings (SSSR count). The standard InChI is InChI=1S/C10H20N2O2/c1-3-11-10(13)12(2)6-7-14-8-9-4-5-9/h9H,3-8H2,1-2H3,(H,11,13). The Kier molecular flexibility index (Phi) is 4.73. The minimum absolute atomic E-state index is 0.0254. The molecule has 4 heteroatoms. The number of carbonyl (C=O) groups excluding carboxylic acids is 1. The maximum absolute atomic E-state index is 11.2. The maximum Gasteiger partial charge on any atom is 0.317 e. The van der Waals surface area contributed by atoms with Gasteiger partial charge >= 0.3 is 6.03 Å². The Morgan fingerprint density at radius 3 is 2.86 bits per heavy atom. The number of likely N-dealkylation sites (N-methyl/N-ethyl adjacent to an activating group) is 1. The fraction of sp³-hybridized carbons (Fsp3) is 0.900. The molecule has 0 saturated heterocycles. The van der Waals surface area contributed by atoms with Crippen LogP contribution in [0.2, 0.25) is 0 Å². The summed E-state index contributed by atoms with van der Waals surface area (Å²) in [5, 5.41) is 2.74. The number of nitrogens with zero attached hydrogens (tertiary/aromatic N) is 1. The predicted molar refractivity (Wildman–Crippen MR) is 55.2 cm³/mol. The number of carbonyl (C=O) groups is 1. The average Bonchev–Trinajstić information content (AvgIpc) is 2.96. The van der Waals surface area contributed by atoms with E-state index in [0.717, 1.165) is 12.5 Å². The molecule has 4 nitrogen and oxygen atoms in total. The second kappa shape index (κ2) is 5.86. The van der Waals surface area contributed by atoms with Crippen molar-refractivity contribution >= 4 is 6.03 Å². The largest absolute Gasteiger partial charge is 0.379 e. The van der Waals surface area contributed by atoms with Crippen LogP contribution < -0.4 is 5.32 Å². The quantitative estimate of drug-likeness (QED) is 0.652. The van der Waals surface area contributed by atoms with E-state index in [1.807, 2.05) is 6.92 Å². The second-order valence-electron chi connectivity index (χ2n) is 3.78. The molecule has 0 aromatic heterocycles. The van der Waals surface area contributed by atoms with E-state index in [0.29, 0.717) is 19.7 Å². The number of amides is 2. The lowest BCUT2D eigenvalue weighted by molar-refractivity contribution is 0.108. The Labute approximate surface area is 85.6 Å². The lowest BCUT2D eigenvalue weighted by atomic mass is 10.5. The van der Waals surface area contributed by atoms with Crippen molar-refractivity contribution in [2.24, 2.45) is 5.92 Å². The first-order chi connectivity index (χ1) is 6.74. The van der Waals surface area contributed by atoms with Gasteiger partial charge in [0.05, 0.1) is 6.61 Å². The van der Waals surface area contributed by atoms with Crippen LogP contribution >= 0.6 is 0 Å². The highest BCUT2D eigenvalue weighted by Crippen LogP contribution is 2.28. The lowest BCUT2D eigenvalue weighted by Gasteiger charge is -2.17. The van der Waals surface area contributed by atoms with E-state index in [2.05, 4.69) is 5.32 Å². The van der Waals surface area contributed by atoms with Gasteiger partial charge in [-0.3, -0.25) is 0 Å². The van der Waals surface area contributed by atoms with E-state index in [9.17, 15) is 4.79 Å². The normalized spacial score (nSPS) is 15.3. The van der Waals surface area contributed by atoms with Crippen molar-refractivity contribution in [1.29, 1.82) is 0 Å². The zero-order valence-corrected chi connectivity index (χ0v) is 9.08. The Morgan fingerprint density at radius 1 is 1.57 bits per heavy atom. The van der Waals surface area contributed by atoms with Gasteiger partial charge in [0.1, 0.15) is 0 Å². The smallest absolute Gasteiger partial charge is 0.317 e. The molecule has 0 atom stereocenters. The van der Waals surface area contributed by atoms with Crippen molar-refractivity contribution < 1.29 is 9.53 Å². The van der Waals surface area contributed by atoms with Crippen molar-refractivity contribution in [3.05, 3.63) is 0 Å². The zero-order chi connectivity index (χ0) is 10.4. The molecule has 0 spiro atoms. The molecular formula is C10H20N2O2. The first-order valence-corrected chi connectivity index (χ1v) is 5.30. The SMILES string of the molecule is CCNC(=O)N(C)CCOCC1CC1. The van der Waals surface area contributed by atoms with Crippen LogP contribution in [0.3, 0.4) is 0 Å². The molecular weight excluding hydrogens is 180 g/mol. The summed E-state index contributed by atoms with van der Waals surface area (Å²) in [6, 6.07) is -0.0254. The minimum atomic E-state index is -0.0254. The number of rotatable bonds is 6. The number of ether oxygens (including phenoxy) is 1. The van der Waals surface area contributed by atoms with Gasteiger partial charge in [-0.15, -0.1) is 0 Å². The average molecular weight is 200 g/mol. The fourth-order valence-electron chi connectivity index (χ4n) is 1.12. The highest BCUT2D eigenvalue weighted by atomic mass is 16.5. The third-order valence-electron chi connectivity index (χ3n) is 2.30. The van der Waals surface area contributed by atoms with Gasteiger partial charge in [-0.2, -0.15) is 0 Å². The van der Waals surface area contributed by atoms with Crippen LogP contribution in [0.4, 0.5) is 4.79 Å². The van der Waals surface area contributed by atoms with Crippen LogP contribution in [0.25, 0.3) is 0 Å². The number of nitrogens with one attached hydrogen (secondary N) is 1. The monoisotopic (exact) mass is 200 g/mol. The summed E-state index contributed by atoms with van der Waals surface area (Å²) >= 11 is 0. The molecule has 0 radical (unpaired) electrons. The summed E-state index contributed by atoms with van der Waals surface area (Å²) in [5.41, 5.74) is 0. The molecule has 0 aromatic carbocycles. The van der Waals surface area contributed by atoms with Gasteiger partial charge in [-0.25, -0.2) is 4.79 Å². The highest BCUT2D eigenvalue weighted by molar-refractivity contribution is 5.73. The Balaban J connectivity index is 1.95. The summed E-state index contributed by atoms with van der Waals surface area (Å²) < 4.78 is 5.43. The van der Waals surface area contributed by atoms with Crippen molar-refractivity contribution in [2.45, 2.75) is 19.8 Å². The van der Waals surface area contributed by atoms with E-state index < -0.39 is 0 Å². The molecule has 2 amide bonds. The van der Waals surface area contributed by atoms with E-state index in [1.54, 1.807) is 11.9 Å². The van der Waals surface area contributed by atoms with Crippen LogP contribution in [0, 0.1) is 5.92 Å². The first-order valence-electron chi connectivity index (χ1n) is 5.30. The third kappa shape index (κ3) is 4.46. The highest BCUT2D eigenvalue weighted by Gasteiger charge is 2.21. The second-order valence-corrected chi connectivity index (χ2v) is 3.78. The van der Waals surface area contributed by atoms with Gasteiger partial charge in [0.15, 0.2) is 0 Å². The van der Waals surface area contributed by atoms with Crippen LogP contribution in [-0.4, -0.2) is 44.3 Å². The molecule has 0 aliphatic heterocycles. The molecule has 1 aliphatic rings. The van der Waals surface area contributed by atoms with Crippen molar-refractivity contribution in [3.8, 4) is 0 Å². The molecule has 0 aromatic rings. The van der Waals surface area contributed by atoms with E-state index in [-0.39, 0.29) is 6.03 Å². The van der Waals surface area contributed by atoms with E-state index in [1.165, 1.54) is 12.8 Å². The molecule has 1 saturated carbocycles. The zero-order valence-electron chi connectivity index (χ0n) is 9.08. The van der Waals surface area contributed by atoms with Gasteiger partial charge < -0.3 is 15.0 Å². The van der Waals surface area contributed by atoms with Gasteiger partial charge in [0.2, 0.25) is 0 Å². The van der Waals surface area contributed by atoms with Crippen molar-refractivity contribution in [2.75, 3.05) is 33.4 Å². The molecule has 0 bridgehead atoms. The Hall–Kier alpha value is -0.770. The van der Waals surface area contributed by atoms with Crippen LogP contribution in [0.1, 0.15) is 19.8 Å².